The van der Waals surface area contributed by atoms with Gasteiger partial charge < -0.3 is 31.5 Å². The number of aromatic hydroxyl groups is 1. The number of likely N-dealkylation sites (N-methyl/N-ethyl adjacent to an activating group) is 1. The Morgan fingerprint density at radius 1 is 1.18 bits per heavy atom. The van der Waals surface area contributed by atoms with E-state index in [-0.39, 0.29) is 41.6 Å². The molecular formula is C28H28FN3O7. The van der Waals surface area contributed by atoms with Gasteiger partial charge >= 0.3 is 0 Å². The number of phenolic OH excluding ortho intramolecular Hbond substituents is 1. The Morgan fingerprint density at radius 3 is 2.46 bits per heavy atom. The molecular weight excluding hydrogens is 509 g/mol. The number of rotatable bonds is 5. The lowest BCUT2D eigenvalue weighted by Crippen LogP contribution is -2.63. The van der Waals surface area contributed by atoms with Crippen LogP contribution in [0.2, 0.25) is 0 Å². The van der Waals surface area contributed by atoms with E-state index < -0.39 is 69.6 Å². The summed E-state index contributed by atoms with van der Waals surface area (Å²) in [6, 6.07) is 9.05. The molecule has 4 atom stereocenters. The van der Waals surface area contributed by atoms with Crippen molar-refractivity contribution in [3.8, 4) is 5.75 Å². The molecule has 2 aromatic rings. The van der Waals surface area contributed by atoms with Gasteiger partial charge in [0.15, 0.2) is 11.4 Å². The molecule has 0 saturated carbocycles. The second-order valence-corrected chi connectivity index (χ2v) is 10.4. The van der Waals surface area contributed by atoms with Crippen LogP contribution in [0, 0.1) is 17.7 Å². The van der Waals surface area contributed by atoms with Gasteiger partial charge in [0, 0.05) is 34.9 Å². The minimum atomic E-state index is -2.74. The fourth-order valence-corrected chi connectivity index (χ4v) is 6.24. The van der Waals surface area contributed by atoms with E-state index in [0.29, 0.717) is 0 Å². The van der Waals surface area contributed by atoms with E-state index in [1.165, 1.54) is 19.0 Å². The summed E-state index contributed by atoms with van der Waals surface area (Å²) in [7, 11) is 3.08. The third kappa shape index (κ3) is 3.80. The van der Waals surface area contributed by atoms with Gasteiger partial charge in [-0.25, -0.2) is 4.39 Å². The van der Waals surface area contributed by atoms with Crippen LogP contribution in [0.1, 0.15) is 27.9 Å². The molecule has 0 aromatic heterocycles. The maximum atomic E-state index is 15.8. The van der Waals surface area contributed by atoms with Crippen molar-refractivity contribution in [2.45, 2.75) is 31.0 Å². The van der Waals surface area contributed by atoms with Gasteiger partial charge in [0.05, 0.1) is 11.6 Å². The second kappa shape index (κ2) is 9.21. The molecule has 3 aliphatic carbocycles. The third-order valence-corrected chi connectivity index (χ3v) is 7.99. The molecule has 11 heteroatoms. The van der Waals surface area contributed by atoms with E-state index in [1.54, 1.807) is 12.1 Å². The fourth-order valence-electron chi connectivity index (χ4n) is 6.24. The van der Waals surface area contributed by atoms with Gasteiger partial charge in [0.1, 0.15) is 28.7 Å². The highest BCUT2D eigenvalue weighted by molar-refractivity contribution is 6.24. The predicted octanol–water partition coefficient (Wildman–Crippen LogP) is 1.87. The number of anilines is 1. The number of ketones is 2. The Bertz CT molecular complexity index is 1480. The van der Waals surface area contributed by atoms with E-state index in [9.17, 15) is 34.8 Å². The van der Waals surface area contributed by atoms with Crippen LogP contribution in [0.4, 0.5) is 10.1 Å². The Labute approximate surface area is 222 Å². The van der Waals surface area contributed by atoms with E-state index in [1.807, 2.05) is 18.2 Å². The van der Waals surface area contributed by atoms with Crippen LogP contribution in [0.25, 0.3) is 0 Å². The number of phenols is 1. The van der Waals surface area contributed by atoms with Gasteiger partial charge in [0.25, 0.3) is 5.91 Å². The fraction of sp³-hybridized carbons (Fsp3) is 0.321. The first-order valence-corrected chi connectivity index (χ1v) is 12.4. The average Bonchev–Trinajstić information content (AvgIpc) is 2.87. The van der Waals surface area contributed by atoms with Gasteiger partial charge in [-0.15, -0.1) is 0 Å². The number of Topliss-reactive ketones (excluding diaryl/α,β-unsaturated/α-hetero) is 2. The van der Waals surface area contributed by atoms with E-state index in [4.69, 9.17) is 5.73 Å². The van der Waals surface area contributed by atoms with Crippen molar-refractivity contribution in [1.82, 2.24) is 4.90 Å². The van der Waals surface area contributed by atoms with Gasteiger partial charge in [-0.3, -0.25) is 19.3 Å². The monoisotopic (exact) mass is 537 g/mol. The number of carbonyl (C=O) groups is 3. The summed E-state index contributed by atoms with van der Waals surface area (Å²) in [5.74, 6) is -8.43. The van der Waals surface area contributed by atoms with Crippen molar-refractivity contribution >= 4 is 23.2 Å². The number of allylic oxidation sites excluding steroid dienone is 1. The summed E-state index contributed by atoms with van der Waals surface area (Å²) in [5, 5.41) is 47.5. The SMILES string of the molecule is CN(C)[C@@H]1C(O)=C(C(N)=O)C(=O)[C@@]2(O)C(O)=C3C(=O)c4c(O)cc(CNc5ccccc5)c(F)c4C[C@H]3C[C@@H]12. The number of aliphatic hydroxyl groups excluding tert-OH is 2. The van der Waals surface area contributed by atoms with Crippen molar-refractivity contribution in [2.24, 2.45) is 17.6 Å². The topological polar surface area (TPSA) is 173 Å². The maximum absolute atomic E-state index is 15.8. The highest BCUT2D eigenvalue weighted by Crippen LogP contribution is 2.52. The number of primary amides is 1. The second-order valence-electron chi connectivity index (χ2n) is 10.4. The predicted molar refractivity (Wildman–Crippen MR) is 137 cm³/mol. The van der Waals surface area contributed by atoms with Gasteiger partial charge in [-0.2, -0.15) is 0 Å². The summed E-state index contributed by atoms with van der Waals surface area (Å²) >= 11 is 0. The molecule has 0 fully saturated rings. The van der Waals surface area contributed by atoms with Crippen LogP contribution >= 0.6 is 0 Å². The lowest BCUT2D eigenvalue weighted by molar-refractivity contribution is -0.148. The number of hydrogen-bond acceptors (Lipinski definition) is 9. The van der Waals surface area contributed by atoms with Crippen LogP contribution in [-0.4, -0.2) is 68.5 Å². The van der Waals surface area contributed by atoms with Crippen LogP contribution < -0.4 is 11.1 Å². The van der Waals surface area contributed by atoms with Gasteiger partial charge in [-0.05, 0) is 51.1 Å². The standard InChI is InChI=1S/C28H28FN3O7/c1-32(2)22-16-9-12-8-15-19(17(33)10-13(21(15)29)11-31-14-6-4-3-5-7-14)23(34)18(12)25(36)28(16,39)26(37)20(24(22)35)27(30)38/h3-7,10,12,16,22,31,33,35-36,39H,8-9,11H2,1-2H3,(H2,30,38)/t12-,16-,22-,28-/m0/s1. The lowest BCUT2D eigenvalue weighted by Gasteiger charge is -2.50. The van der Waals surface area contributed by atoms with Crippen LogP contribution in [0.3, 0.4) is 0 Å². The zero-order valence-corrected chi connectivity index (χ0v) is 21.2. The number of nitrogens with one attached hydrogen (secondary N) is 1. The quantitative estimate of drug-likeness (QED) is 0.311. The van der Waals surface area contributed by atoms with Crippen LogP contribution in [0.15, 0.2) is 59.1 Å². The minimum Gasteiger partial charge on any atom is -0.510 e. The van der Waals surface area contributed by atoms with Gasteiger partial charge in [0.2, 0.25) is 5.78 Å². The lowest BCUT2D eigenvalue weighted by atomic mass is 9.58. The normalized spacial score (nSPS) is 26.3. The molecule has 0 radical (unpaired) electrons. The molecule has 204 valence electrons. The Hall–Kier alpha value is -4.22. The first-order chi connectivity index (χ1) is 18.4. The third-order valence-electron chi connectivity index (χ3n) is 7.99. The Balaban J connectivity index is 1.61. The van der Waals surface area contributed by atoms with Crippen molar-refractivity contribution < 1.29 is 39.2 Å². The maximum Gasteiger partial charge on any atom is 0.255 e. The van der Waals surface area contributed by atoms with Crippen molar-refractivity contribution in [2.75, 3.05) is 19.4 Å². The number of benzene rings is 2. The smallest absolute Gasteiger partial charge is 0.255 e. The van der Waals surface area contributed by atoms with Crippen molar-refractivity contribution in [1.29, 1.82) is 0 Å². The molecule has 5 rings (SSSR count). The first-order valence-electron chi connectivity index (χ1n) is 12.4. The van der Waals surface area contributed by atoms with Crippen LogP contribution in [-0.2, 0) is 22.6 Å². The molecule has 0 bridgehead atoms. The number of aliphatic hydroxyl groups is 3. The first kappa shape index (κ1) is 26.4. The van der Waals surface area contributed by atoms with E-state index in [2.05, 4.69) is 5.32 Å². The largest absolute Gasteiger partial charge is 0.510 e. The Morgan fingerprint density at radius 2 is 1.85 bits per heavy atom. The number of para-hydroxylation sites is 1. The molecule has 0 unspecified atom stereocenters. The van der Waals surface area contributed by atoms with Crippen molar-refractivity contribution in [3.05, 3.63) is 81.6 Å². The molecule has 0 spiro atoms. The average molecular weight is 538 g/mol. The summed E-state index contributed by atoms with van der Waals surface area (Å²) in [6.45, 7) is 0.0254. The zero-order valence-electron chi connectivity index (χ0n) is 21.2. The number of amides is 1. The molecule has 1 amide bonds. The molecule has 0 saturated heterocycles. The summed E-state index contributed by atoms with van der Waals surface area (Å²) in [4.78, 5) is 40.4. The number of carbonyl (C=O) groups excluding carboxylic acids is 3. The molecule has 0 heterocycles. The summed E-state index contributed by atoms with van der Waals surface area (Å²) < 4.78 is 15.8. The highest BCUT2D eigenvalue weighted by atomic mass is 19.1. The molecule has 10 nitrogen and oxygen atoms in total. The molecule has 2 aromatic carbocycles. The Kier molecular flexibility index (Phi) is 6.23. The number of nitrogens with zero attached hydrogens (tertiary/aromatic N) is 1. The van der Waals surface area contributed by atoms with E-state index in [0.717, 1.165) is 11.8 Å². The van der Waals surface area contributed by atoms with Crippen LogP contribution in [0.5, 0.6) is 5.75 Å². The number of nitrogens with two attached hydrogens (primary N) is 1. The summed E-state index contributed by atoms with van der Waals surface area (Å²) in [6.07, 6.45) is -0.231. The highest BCUT2D eigenvalue weighted by Gasteiger charge is 2.63. The molecule has 3 aliphatic rings. The molecule has 39 heavy (non-hydrogen) atoms. The minimum absolute atomic E-state index is 0.0254. The summed E-state index contributed by atoms with van der Waals surface area (Å²) in [5.41, 5.74) is 1.81. The van der Waals surface area contributed by atoms with Crippen molar-refractivity contribution in [3.63, 3.8) is 0 Å². The van der Waals surface area contributed by atoms with E-state index >= 15 is 4.39 Å². The number of hydrogen-bond donors (Lipinski definition) is 6. The molecule has 0 aliphatic heterocycles. The molecule has 7 N–H and O–H groups in total. The number of halogens is 1. The van der Waals surface area contributed by atoms with Gasteiger partial charge in [-0.1, -0.05) is 18.2 Å². The zero-order chi connectivity index (χ0) is 28.4. The number of fused-ring (bicyclic) bond motifs is 3.